The van der Waals surface area contributed by atoms with Gasteiger partial charge < -0.3 is 5.32 Å². The lowest BCUT2D eigenvalue weighted by molar-refractivity contribution is -0.137. The van der Waals surface area contributed by atoms with Crippen LogP contribution in [-0.4, -0.2) is 42.6 Å². The lowest BCUT2D eigenvalue weighted by atomic mass is 10.2. The molecule has 0 aromatic heterocycles. The van der Waals surface area contributed by atoms with Crippen molar-refractivity contribution in [2.45, 2.75) is 6.18 Å². The summed E-state index contributed by atoms with van der Waals surface area (Å²) in [5.41, 5.74) is 0.130. The van der Waals surface area contributed by atoms with E-state index in [1.54, 1.807) is 0 Å². The smallest absolute Gasteiger partial charge is 0.384 e. The normalized spacial score (nSPS) is 17.4. The van der Waals surface area contributed by atoms with Crippen molar-refractivity contribution in [3.63, 3.8) is 0 Å². The third-order valence-corrected chi connectivity index (χ3v) is 4.02. The molecular formula is C13H17F3N2S. The molecule has 0 saturated carbocycles. The number of nitrogens with zero attached hydrogens (tertiary/aromatic N) is 1. The van der Waals surface area contributed by atoms with Gasteiger partial charge in [0, 0.05) is 43.4 Å². The second kappa shape index (κ2) is 6.52. The molecule has 1 fully saturated rings. The fourth-order valence-electron chi connectivity index (χ4n) is 1.96. The summed E-state index contributed by atoms with van der Waals surface area (Å²) in [7, 11) is 0. The first kappa shape index (κ1) is 14.5. The highest BCUT2D eigenvalue weighted by molar-refractivity contribution is 7.99. The van der Waals surface area contributed by atoms with Crippen molar-refractivity contribution in [1.82, 2.24) is 4.90 Å². The molecule has 0 radical (unpaired) electrons. The average Bonchev–Trinajstić information content (AvgIpc) is 2.39. The van der Waals surface area contributed by atoms with Gasteiger partial charge >= 0.3 is 6.18 Å². The van der Waals surface area contributed by atoms with E-state index in [2.05, 4.69) is 10.2 Å². The SMILES string of the molecule is FC(F)(F)c1ccc(NCCN2CCSCC2)cc1. The third kappa shape index (κ3) is 4.62. The van der Waals surface area contributed by atoms with Crippen LogP contribution in [0.25, 0.3) is 0 Å². The van der Waals surface area contributed by atoms with Crippen molar-refractivity contribution in [3.05, 3.63) is 29.8 Å². The predicted octanol–water partition coefficient (Wildman–Crippen LogP) is 3.17. The molecule has 0 spiro atoms. The first-order chi connectivity index (χ1) is 9.05. The Morgan fingerprint density at radius 3 is 2.32 bits per heavy atom. The molecule has 1 aromatic carbocycles. The lowest BCUT2D eigenvalue weighted by Crippen LogP contribution is -2.36. The zero-order chi connectivity index (χ0) is 13.7. The Kier molecular flexibility index (Phi) is 4.99. The van der Waals surface area contributed by atoms with Crippen LogP contribution in [0.15, 0.2) is 24.3 Å². The van der Waals surface area contributed by atoms with Gasteiger partial charge in [0.1, 0.15) is 0 Å². The maximum atomic E-state index is 12.4. The van der Waals surface area contributed by atoms with Crippen LogP contribution in [0.3, 0.4) is 0 Å². The minimum Gasteiger partial charge on any atom is -0.384 e. The molecule has 0 aliphatic carbocycles. The molecule has 1 aliphatic rings. The van der Waals surface area contributed by atoms with Crippen molar-refractivity contribution in [2.24, 2.45) is 0 Å². The highest BCUT2D eigenvalue weighted by Crippen LogP contribution is 2.29. The van der Waals surface area contributed by atoms with Gasteiger partial charge in [0.2, 0.25) is 0 Å². The van der Waals surface area contributed by atoms with Crippen molar-refractivity contribution in [3.8, 4) is 0 Å². The summed E-state index contributed by atoms with van der Waals surface area (Å²) >= 11 is 1.96. The number of hydrogen-bond acceptors (Lipinski definition) is 3. The second-order valence-electron chi connectivity index (χ2n) is 4.46. The Labute approximate surface area is 115 Å². The van der Waals surface area contributed by atoms with E-state index in [0.29, 0.717) is 0 Å². The first-order valence-electron chi connectivity index (χ1n) is 6.27. The largest absolute Gasteiger partial charge is 0.416 e. The highest BCUT2D eigenvalue weighted by Gasteiger charge is 2.29. The van der Waals surface area contributed by atoms with E-state index in [0.717, 1.165) is 44.0 Å². The monoisotopic (exact) mass is 290 g/mol. The van der Waals surface area contributed by atoms with Gasteiger partial charge in [-0.3, -0.25) is 4.90 Å². The Morgan fingerprint density at radius 1 is 1.11 bits per heavy atom. The van der Waals surface area contributed by atoms with Crippen molar-refractivity contribution >= 4 is 17.4 Å². The van der Waals surface area contributed by atoms with Crippen molar-refractivity contribution in [1.29, 1.82) is 0 Å². The van der Waals surface area contributed by atoms with Crippen LogP contribution in [0.2, 0.25) is 0 Å². The van der Waals surface area contributed by atoms with Crippen LogP contribution >= 0.6 is 11.8 Å². The van der Waals surface area contributed by atoms with Gasteiger partial charge in [-0.05, 0) is 24.3 Å². The van der Waals surface area contributed by atoms with Gasteiger partial charge in [-0.25, -0.2) is 0 Å². The Hall–Kier alpha value is -0.880. The molecule has 6 heteroatoms. The lowest BCUT2D eigenvalue weighted by Gasteiger charge is -2.26. The van der Waals surface area contributed by atoms with Crippen LogP contribution in [0.4, 0.5) is 18.9 Å². The third-order valence-electron chi connectivity index (χ3n) is 3.07. The van der Waals surface area contributed by atoms with E-state index >= 15 is 0 Å². The molecule has 1 N–H and O–H groups in total. The van der Waals surface area contributed by atoms with Crippen LogP contribution in [0, 0.1) is 0 Å². The number of alkyl halides is 3. The Balaban J connectivity index is 1.76. The Morgan fingerprint density at radius 2 is 1.74 bits per heavy atom. The zero-order valence-electron chi connectivity index (χ0n) is 10.5. The molecule has 106 valence electrons. The molecule has 1 aliphatic heterocycles. The van der Waals surface area contributed by atoms with Gasteiger partial charge in [0.25, 0.3) is 0 Å². The van der Waals surface area contributed by atoms with Crippen LogP contribution < -0.4 is 5.32 Å². The fraction of sp³-hybridized carbons (Fsp3) is 0.538. The highest BCUT2D eigenvalue weighted by atomic mass is 32.2. The molecular weight excluding hydrogens is 273 g/mol. The summed E-state index contributed by atoms with van der Waals surface area (Å²) in [6, 6.07) is 5.18. The molecule has 1 heterocycles. The van der Waals surface area contributed by atoms with E-state index in [1.807, 2.05) is 11.8 Å². The number of rotatable bonds is 4. The number of thioether (sulfide) groups is 1. The molecule has 1 saturated heterocycles. The van der Waals surface area contributed by atoms with E-state index in [4.69, 9.17) is 0 Å². The van der Waals surface area contributed by atoms with Crippen LogP contribution in [-0.2, 0) is 6.18 Å². The minimum absolute atomic E-state index is 0.605. The van der Waals surface area contributed by atoms with Crippen LogP contribution in [0.1, 0.15) is 5.56 Å². The number of halogens is 3. The predicted molar refractivity (Wildman–Crippen MR) is 73.7 cm³/mol. The molecule has 0 atom stereocenters. The molecule has 0 unspecified atom stereocenters. The Bertz CT molecular complexity index is 386. The van der Waals surface area contributed by atoms with Gasteiger partial charge in [-0.1, -0.05) is 0 Å². The maximum absolute atomic E-state index is 12.4. The molecule has 0 amide bonds. The summed E-state index contributed by atoms with van der Waals surface area (Å²) in [6.45, 7) is 3.89. The number of nitrogens with one attached hydrogen (secondary N) is 1. The number of anilines is 1. The van der Waals surface area contributed by atoms with Gasteiger partial charge in [0.15, 0.2) is 0 Å². The molecule has 1 aromatic rings. The summed E-state index contributed by atoms with van der Waals surface area (Å²) < 4.78 is 37.2. The standard InChI is InChI=1S/C13H17F3N2S/c14-13(15,16)11-1-3-12(4-2-11)17-5-6-18-7-9-19-10-8-18/h1-4,17H,5-10H2. The quantitative estimate of drug-likeness (QED) is 0.917. The van der Waals surface area contributed by atoms with E-state index < -0.39 is 11.7 Å². The molecule has 0 bridgehead atoms. The summed E-state index contributed by atoms with van der Waals surface area (Å²) in [5, 5.41) is 3.15. The summed E-state index contributed by atoms with van der Waals surface area (Å²) in [6.07, 6.45) is -4.26. The van der Waals surface area contributed by atoms with Gasteiger partial charge in [-0.15, -0.1) is 0 Å². The van der Waals surface area contributed by atoms with Gasteiger partial charge in [0.05, 0.1) is 5.56 Å². The van der Waals surface area contributed by atoms with E-state index in [-0.39, 0.29) is 0 Å². The second-order valence-corrected chi connectivity index (χ2v) is 5.68. The average molecular weight is 290 g/mol. The maximum Gasteiger partial charge on any atom is 0.416 e. The number of benzene rings is 1. The summed E-state index contributed by atoms with van der Waals surface area (Å²) in [4.78, 5) is 2.37. The van der Waals surface area contributed by atoms with E-state index in [9.17, 15) is 13.2 Å². The number of hydrogen-bond donors (Lipinski definition) is 1. The molecule has 2 rings (SSSR count). The van der Waals surface area contributed by atoms with E-state index in [1.165, 1.54) is 23.6 Å². The fourth-order valence-corrected chi connectivity index (χ4v) is 2.94. The van der Waals surface area contributed by atoms with Gasteiger partial charge in [-0.2, -0.15) is 24.9 Å². The minimum atomic E-state index is -4.26. The van der Waals surface area contributed by atoms with Crippen LogP contribution in [0.5, 0.6) is 0 Å². The van der Waals surface area contributed by atoms with Crippen molar-refractivity contribution in [2.75, 3.05) is 43.0 Å². The molecule has 2 nitrogen and oxygen atoms in total. The topological polar surface area (TPSA) is 15.3 Å². The van der Waals surface area contributed by atoms with Crippen molar-refractivity contribution < 1.29 is 13.2 Å². The summed E-state index contributed by atoms with van der Waals surface area (Å²) in [5.74, 6) is 2.33. The first-order valence-corrected chi connectivity index (χ1v) is 7.42. The zero-order valence-corrected chi connectivity index (χ0v) is 11.4. The molecule has 19 heavy (non-hydrogen) atoms.